The van der Waals surface area contributed by atoms with Crippen molar-refractivity contribution in [2.24, 2.45) is 5.41 Å². The van der Waals surface area contributed by atoms with E-state index in [-0.39, 0.29) is 0 Å². The molecule has 0 radical (unpaired) electrons. The summed E-state index contributed by atoms with van der Waals surface area (Å²) in [5, 5.41) is 9.14. The molecule has 1 aromatic rings. The Labute approximate surface area is 101 Å². The zero-order chi connectivity index (χ0) is 12.3. The third-order valence-corrected chi connectivity index (χ3v) is 3.53. The number of carboxylic acids is 1. The lowest BCUT2D eigenvalue weighted by Gasteiger charge is -2.19. The van der Waals surface area contributed by atoms with Gasteiger partial charge in [0, 0.05) is 25.5 Å². The monoisotopic (exact) mass is 234 g/mol. The van der Waals surface area contributed by atoms with Crippen molar-refractivity contribution in [3.63, 3.8) is 0 Å². The minimum atomic E-state index is -0.677. The molecule has 4 heteroatoms. The zero-order valence-electron chi connectivity index (χ0n) is 10.1. The van der Waals surface area contributed by atoms with E-state index >= 15 is 0 Å². The number of nitrogens with zero attached hydrogens (tertiary/aromatic N) is 2. The fourth-order valence-corrected chi connectivity index (χ4v) is 2.26. The van der Waals surface area contributed by atoms with E-state index < -0.39 is 11.4 Å². The van der Waals surface area contributed by atoms with Gasteiger partial charge in [0.25, 0.3) is 0 Å². The Balaban J connectivity index is 1.85. The van der Waals surface area contributed by atoms with Crippen molar-refractivity contribution in [1.29, 1.82) is 0 Å². The van der Waals surface area contributed by atoms with Gasteiger partial charge in [0.15, 0.2) is 0 Å². The molecule has 1 atom stereocenters. The van der Waals surface area contributed by atoms with Gasteiger partial charge < -0.3 is 10.0 Å². The second-order valence-electron chi connectivity index (χ2n) is 5.00. The highest BCUT2D eigenvalue weighted by molar-refractivity contribution is 5.74. The van der Waals surface area contributed by atoms with Crippen molar-refractivity contribution in [3.05, 3.63) is 30.1 Å². The highest BCUT2D eigenvalue weighted by Gasteiger charge is 2.39. The Morgan fingerprint density at radius 1 is 1.53 bits per heavy atom. The van der Waals surface area contributed by atoms with Crippen molar-refractivity contribution < 1.29 is 9.90 Å². The van der Waals surface area contributed by atoms with Crippen LogP contribution in [0, 0.1) is 5.41 Å². The van der Waals surface area contributed by atoms with Crippen LogP contribution in [0.5, 0.6) is 0 Å². The molecular weight excluding hydrogens is 216 g/mol. The molecule has 4 nitrogen and oxygen atoms in total. The Bertz CT molecular complexity index is 394. The van der Waals surface area contributed by atoms with Crippen LogP contribution in [0.25, 0.3) is 0 Å². The molecule has 92 valence electrons. The number of carboxylic acid groups (broad SMARTS) is 1. The number of hydrogen-bond acceptors (Lipinski definition) is 3. The summed E-state index contributed by atoms with van der Waals surface area (Å²) < 4.78 is 0. The van der Waals surface area contributed by atoms with Crippen LogP contribution in [0.1, 0.15) is 18.9 Å². The van der Waals surface area contributed by atoms with Gasteiger partial charge in [-0.15, -0.1) is 0 Å². The maximum absolute atomic E-state index is 11.1. The predicted octanol–water partition coefficient (Wildman–Crippen LogP) is 1.42. The quantitative estimate of drug-likeness (QED) is 0.856. The molecule has 1 aliphatic rings. The first kappa shape index (κ1) is 12.0. The highest BCUT2D eigenvalue weighted by Crippen LogP contribution is 2.29. The first-order valence-electron chi connectivity index (χ1n) is 5.95. The second kappa shape index (κ2) is 4.84. The molecule has 0 aromatic carbocycles. The number of hydrogen-bond donors (Lipinski definition) is 1. The lowest BCUT2D eigenvalue weighted by Crippen LogP contribution is -2.32. The summed E-state index contributed by atoms with van der Waals surface area (Å²) in [5.74, 6) is -0.677. The standard InChI is InChI=1S/C13H18N2O2/c1-13(12(16)17)5-9-15(10-13)8-4-11-2-6-14-7-3-11/h2-3,6-7H,4-5,8-10H2,1H3,(H,16,17). The van der Waals surface area contributed by atoms with E-state index in [1.54, 1.807) is 12.4 Å². The average molecular weight is 234 g/mol. The molecule has 1 saturated heterocycles. The van der Waals surface area contributed by atoms with Gasteiger partial charge in [-0.2, -0.15) is 0 Å². The van der Waals surface area contributed by atoms with Crippen molar-refractivity contribution in [1.82, 2.24) is 9.88 Å². The van der Waals surface area contributed by atoms with Crippen molar-refractivity contribution in [2.75, 3.05) is 19.6 Å². The Morgan fingerprint density at radius 2 is 2.24 bits per heavy atom. The topological polar surface area (TPSA) is 53.4 Å². The van der Waals surface area contributed by atoms with Gasteiger partial charge in [-0.1, -0.05) is 0 Å². The second-order valence-corrected chi connectivity index (χ2v) is 5.00. The molecule has 0 bridgehead atoms. The molecule has 0 spiro atoms. The van der Waals surface area contributed by atoms with E-state index in [4.69, 9.17) is 5.11 Å². The molecular formula is C13H18N2O2. The average Bonchev–Trinajstić information content (AvgIpc) is 2.72. The minimum absolute atomic E-state index is 0.557. The molecule has 1 fully saturated rings. The van der Waals surface area contributed by atoms with Gasteiger partial charge in [0.2, 0.25) is 0 Å². The number of aromatic nitrogens is 1. The van der Waals surface area contributed by atoms with Crippen LogP contribution in [0.2, 0.25) is 0 Å². The van der Waals surface area contributed by atoms with Crippen LogP contribution >= 0.6 is 0 Å². The molecule has 1 unspecified atom stereocenters. The summed E-state index contributed by atoms with van der Waals surface area (Å²) in [6, 6.07) is 4.01. The molecule has 17 heavy (non-hydrogen) atoms. The fraction of sp³-hybridized carbons (Fsp3) is 0.538. The summed E-state index contributed by atoms with van der Waals surface area (Å²) >= 11 is 0. The van der Waals surface area contributed by atoms with Gasteiger partial charge in [-0.3, -0.25) is 9.78 Å². The van der Waals surface area contributed by atoms with Gasteiger partial charge in [0.05, 0.1) is 5.41 Å². The lowest BCUT2D eigenvalue weighted by atomic mass is 9.90. The van der Waals surface area contributed by atoms with E-state index in [2.05, 4.69) is 9.88 Å². The number of aliphatic carboxylic acids is 1. The summed E-state index contributed by atoms with van der Waals surface area (Å²) in [5.41, 5.74) is 0.696. The summed E-state index contributed by atoms with van der Waals surface area (Å²) in [6.45, 7) is 4.30. The van der Waals surface area contributed by atoms with Crippen molar-refractivity contribution in [2.45, 2.75) is 19.8 Å². The lowest BCUT2D eigenvalue weighted by molar-refractivity contribution is -0.147. The van der Waals surface area contributed by atoms with Crippen LogP contribution in [-0.4, -0.2) is 40.6 Å². The van der Waals surface area contributed by atoms with E-state index in [1.165, 1.54) is 5.56 Å². The summed E-state index contributed by atoms with van der Waals surface area (Å²) in [7, 11) is 0. The van der Waals surface area contributed by atoms with Gasteiger partial charge in [-0.25, -0.2) is 0 Å². The van der Waals surface area contributed by atoms with E-state index in [0.29, 0.717) is 6.54 Å². The zero-order valence-corrected chi connectivity index (χ0v) is 10.1. The molecule has 1 aromatic heterocycles. The first-order valence-corrected chi connectivity index (χ1v) is 5.95. The molecule has 0 amide bonds. The summed E-state index contributed by atoms with van der Waals surface area (Å²) in [4.78, 5) is 17.3. The molecule has 1 N–H and O–H groups in total. The van der Waals surface area contributed by atoms with E-state index in [1.807, 2.05) is 19.1 Å². The SMILES string of the molecule is CC1(C(=O)O)CCN(CCc2ccncc2)C1. The molecule has 2 rings (SSSR count). The number of likely N-dealkylation sites (tertiary alicyclic amines) is 1. The van der Waals surface area contributed by atoms with Crippen LogP contribution in [-0.2, 0) is 11.2 Å². The largest absolute Gasteiger partial charge is 0.481 e. The molecule has 0 saturated carbocycles. The number of rotatable bonds is 4. The first-order chi connectivity index (χ1) is 8.10. The van der Waals surface area contributed by atoms with Crippen molar-refractivity contribution >= 4 is 5.97 Å². The maximum atomic E-state index is 11.1. The van der Waals surface area contributed by atoms with Crippen molar-refractivity contribution in [3.8, 4) is 0 Å². The van der Waals surface area contributed by atoms with Gasteiger partial charge in [-0.05, 0) is 44.0 Å². The molecule has 0 aliphatic carbocycles. The fourth-order valence-electron chi connectivity index (χ4n) is 2.26. The molecule has 2 heterocycles. The van der Waals surface area contributed by atoms with Gasteiger partial charge >= 0.3 is 5.97 Å². The van der Waals surface area contributed by atoms with Crippen LogP contribution in [0.15, 0.2) is 24.5 Å². The third-order valence-electron chi connectivity index (χ3n) is 3.53. The highest BCUT2D eigenvalue weighted by atomic mass is 16.4. The van der Waals surface area contributed by atoms with Crippen LogP contribution in [0.3, 0.4) is 0 Å². The van der Waals surface area contributed by atoms with E-state index in [9.17, 15) is 4.79 Å². The Morgan fingerprint density at radius 3 is 2.82 bits per heavy atom. The Kier molecular flexibility index (Phi) is 3.43. The normalized spacial score (nSPS) is 25.0. The van der Waals surface area contributed by atoms with Crippen LogP contribution in [0.4, 0.5) is 0 Å². The third kappa shape index (κ3) is 2.82. The summed E-state index contributed by atoms with van der Waals surface area (Å²) in [6.07, 6.45) is 5.29. The molecule has 1 aliphatic heterocycles. The Hall–Kier alpha value is -1.42. The van der Waals surface area contributed by atoms with Crippen LogP contribution < -0.4 is 0 Å². The minimum Gasteiger partial charge on any atom is -0.481 e. The number of carbonyl (C=O) groups is 1. The number of pyridine rings is 1. The van der Waals surface area contributed by atoms with Gasteiger partial charge in [0.1, 0.15) is 0 Å². The predicted molar refractivity (Wildman–Crippen MR) is 64.7 cm³/mol. The smallest absolute Gasteiger partial charge is 0.310 e. The maximum Gasteiger partial charge on any atom is 0.310 e. The van der Waals surface area contributed by atoms with E-state index in [0.717, 1.165) is 25.9 Å².